The van der Waals surface area contributed by atoms with Crippen LogP contribution in [0.5, 0.6) is 0 Å². The SMILES string of the molecule is CN(C)CCN(C)CCCN(C)c1ncnc2[nH]ccc12. The van der Waals surface area contributed by atoms with Crippen LogP contribution in [0.2, 0.25) is 0 Å². The van der Waals surface area contributed by atoms with E-state index in [0.717, 1.165) is 49.5 Å². The Balaban J connectivity index is 1.82. The lowest BCUT2D eigenvalue weighted by atomic mass is 10.3. The lowest BCUT2D eigenvalue weighted by Crippen LogP contribution is -2.31. The standard InChI is InChI=1S/C15H26N6/c1-19(2)10-11-20(3)8-5-9-21(4)15-13-6-7-16-14(13)17-12-18-15/h6-7,12H,5,8-11H2,1-4H3,(H,16,17,18). The van der Waals surface area contributed by atoms with Gasteiger partial charge >= 0.3 is 0 Å². The van der Waals surface area contributed by atoms with Gasteiger partial charge in [0, 0.05) is 32.9 Å². The van der Waals surface area contributed by atoms with Crippen LogP contribution in [0, 0.1) is 0 Å². The Morgan fingerprint density at radius 1 is 1.00 bits per heavy atom. The molecule has 0 amide bonds. The van der Waals surface area contributed by atoms with E-state index in [1.165, 1.54) is 0 Å². The maximum atomic E-state index is 4.41. The minimum atomic E-state index is 0.898. The summed E-state index contributed by atoms with van der Waals surface area (Å²) < 4.78 is 0. The fraction of sp³-hybridized carbons (Fsp3) is 0.600. The quantitative estimate of drug-likeness (QED) is 0.793. The third-order valence-electron chi connectivity index (χ3n) is 3.66. The molecule has 1 N–H and O–H groups in total. The number of nitrogens with one attached hydrogen (secondary N) is 1. The molecule has 2 heterocycles. The fourth-order valence-electron chi connectivity index (χ4n) is 2.33. The van der Waals surface area contributed by atoms with Crippen LogP contribution in [0.4, 0.5) is 5.82 Å². The van der Waals surface area contributed by atoms with Gasteiger partial charge in [-0.1, -0.05) is 0 Å². The third-order valence-corrected chi connectivity index (χ3v) is 3.66. The van der Waals surface area contributed by atoms with Gasteiger partial charge in [-0.05, 0) is 40.2 Å². The molecule has 0 bridgehead atoms. The van der Waals surface area contributed by atoms with E-state index in [9.17, 15) is 0 Å². The number of nitrogens with zero attached hydrogens (tertiary/aromatic N) is 5. The van der Waals surface area contributed by atoms with E-state index in [1.807, 2.05) is 12.3 Å². The Labute approximate surface area is 126 Å². The van der Waals surface area contributed by atoms with Gasteiger partial charge in [0.05, 0.1) is 5.39 Å². The summed E-state index contributed by atoms with van der Waals surface area (Å²) >= 11 is 0. The van der Waals surface area contributed by atoms with Crippen LogP contribution in [0.1, 0.15) is 6.42 Å². The predicted octanol–water partition coefficient (Wildman–Crippen LogP) is 1.28. The number of aromatic amines is 1. The molecule has 0 radical (unpaired) electrons. The molecule has 0 saturated carbocycles. The van der Waals surface area contributed by atoms with Crippen molar-refractivity contribution in [3.05, 3.63) is 18.6 Å². The number of rotatable bonds is 8. The van der Waals surface area contributed by atoms with E-state index in [0.29, 0.717) is 0 Å². The maximum absolute atomic E-state index is 4.41. The van der Waals surface area contributed by atoms with Gasteiger partial charge in [-0.3, -0.25) is 0 Å². The Bertz CT molecular complexity index is 550. The number of hydrogen-bond acceptors (Lipinski definition) is 5. The Hall–Kier alpha value is -1.66. The zero-order valence-corrected chi connectivity index (χ0v) is 13.5. The summed E-state index contributed by atoms with van der Waals surface area (Å²) in [6, 6.07) is 2.03. The largest absolute Gasteiger partial charge is 0.359 e. The Kier molecular flexibility index (Phi) is 5.52. The minimum Gasteiger partial charge on any atom is -0.359 e. The molecule has 0 aliphatic carbocycles. The molecule has 0 atom stereocenters. The molecule has 2 aromatic rings. The smallest absolute Gasteiger partial charge is 0.142 e. The second kappa shape index (κ2) is 7.38. The van der Waals surface area contributed by atoms with Crippen LogP contribution in [0.25, 0.3) is 11.0 Å². The van der Waals surface area contributed by atoms with Crippen LogP contribution in [0.15, 0.2) is 18.6 Å². The van der Waals surface area contributed by atoms with E-state index in [-0.39, 0.29) is 0 Å². The number of fused-ring (bicyclic) bond motifs is 1. The number of likely N-dealkylation sites (N-methyl/N-ethyl adjacent to an activating group) is 2. The summed E-state index contributed by atoms with van der Waals surface area (Å²) in [5.74, 6) is 0.997. The number of anilines is 1. The highest BCUT2D eigenvalue weighted by molar-refractivity contribution is 5.87. The van der Waals surface area contributed by atoms with Gasteiger partial charge in [0.1, 0.15) is 17.8 Å². The summed E-state index contributed by atoms with van der Waals surface area (Å²) in [7, 11) is 8.49. The molecule has 0 unspecified atom stereocenters. The lowest BCUT2D eigenvalue weighted by Gasteiger charge is -2.22. The third kappa shape index (κ3) is 4.41. The van der Waals surface area contributed by atoms with Gasteiger partial charge in [0.2, 0.25) is 0 Å². The summed E-state index contributed by atoms with van der Waals surface area (Å²) in [4.78, 5) is 18.6. The van der Waals surface area contributed by atoms with Crippen molar-refractivity contribution in [2.45, 2.75) is 6.42 Å². The van der Waals surface area contributed by atoms with Crippen LogP contribution in [0.3, 0.4) is 0 Å². The van der Waals surface area contributed by atoms with Gasteiger partial charge in [-0.25, -0.2) is 9.97 Å². The first-order chi connectivity index (χ1) is 10.1. The van der Waals surface area contributed by atoms with Crippen molar-refractivity contribution in [3.63, 3.8) is 0 Å². The summed E-state index contributed by atoms with van der Waals surface area (Å²) in [5.41, 5.74) is 0.898. The number of H-pyrrole nitrogens is 1. The van der Waals surface area contributed by atoms with Gasteiger partial charge < -0.3 is 19.7 Å². The zero-order valence-electron chi connectivity index (χ0n) is 13.5. The number of hydrogen-bond donors (Lipinski definition) is 1. The molecule has 0 fully saturated rings. The average Bonchev–Trinajstić information content (AvgIpc) is 2.93. The molecule has 2 rings (SSSR count). The highest BCUT2D eigenvalue weighted by Crippen LogP contribution is 2.20. The van der Waals surface area contributed by atoms with Crippen molar-refractivity contribution in [3.8, 4) is 0 Å². The van der Waals surface area contributed by atoms with Crippen molar-refractivity contribution < 1.29 is 0 Å². The first kappa shape index (κ1) is 15.7. The van der Waals surface area contributed by atoms with Crippen LogP contribution in [-0.2, 0) is 0 Å². The molecule has 2 aromatic heterocycles. The van der Waals surface area contributed by atoms with Gasteiger partial charge in [0.15, 0.2) is 0 Å². The van der Waals surface area contributed by atoms with Crippen molar-refractivity contribution in [2.24, 2.45) is 0 Å². The molecule has 0 aliphatic rings. The molecule has 0 spiro atoms. The molecule has 0 aromatic carbocycles. The molecular formula is C15H26N6. The van der Waals surface area contributed by atoms with Crippen molar-refractivity contribution in [2.75, 3.05) is 59.3 Å². The second-order valence-corrected chi connectivity index (χ2v) is 5.82. The Morgan fingerprint density at radius 3 is 2.57 bits per heavy atom. The van der Waals surface area contributed by atoms with E-state index in [4.69, 9.17) is 0 Å². The van der Waals surface area contributed by atoms with E-state index >= 15 is 0 Å². The van der Waals surface area contributed by atoms with Crippen molar-refractivity contribution in [1.29, 1.82) is 0 Å². The first-order valence-electron chi connectivity index (χ1n) is 7.40. The molecule has 6 nitrogen and oxygen atoms in total. The lowest BCUT2D eigenvalue weighted by molar-refractivity contribution is 0.280. The highest BCUT2D eigenvalue weighted by atomic mass is 15.2. The van der Waals surface area contributed by atoms with Gasteiger partial charge in [-0.2, -0.15) is 0 Å². The van der Waals surface area contributed by atoms with E-state index < -0.39 is 0 Å². The fourth-order valence-corrected chi connectivity index (χ4v) is 2.33. The molecule has 0 aliphatic heterocycles. The van der Waals surface area contributed by atoms with Crippen LogP contribution >= 0.6 is 0 Å². The summed E-state index contributed by atoms with van der Waals surface area (Å²) in [6.07, 6.45) is 4.65. The molecule has 0 saturated heterocycles. The summed E-state index contributed by atoms with van der Waals surface area (Å²) in [6.45, 7) is 4.29. The minimum absolute atomic E-state index is 0.898. The zero-order chi connectivity index (χ0) is 15.2. The van der Waals surface area contributed by atoms with Crippen molar-refractivity contribution in [1.82, 2.24) is 24.8 Å². The maximum Gasteiger partial charge on any atom is 0.142 e. The van der Waals surface area contributed by atoms with Gasteiger partial charge in [0.25, 0.3) is 0 Å². The van der Waals surface area contributed by atoms with Crippen LogP contribution < -0.4 is 4.90 Å². The topological polar surface area (TPSA) is 51.3 Å². The molecule has 21 heavy (non-hydrogen) atoms. The highest BCUT2D eigenvalue weighted by Gasteiger charge is 2.09. The number of aromatic nitrogens is 3. The molecule has 116 valence electrons. The molecule has 6 heteroatoms. The predicted molar refractivity (Wildman–Crippen MR) is 87.8 cm³/mol. The van der Waals surface area contributed by atoms with E-state index in [1.54, 1.807) is 6.33 Å². The van der Waals surface area contributed by atoms with Crippen LogP contribution in [-0.4, -0.2) is 79.1 Å². The van der Waals surface area contributed by atoms with Gasteiger partial charge in [-0.15, -0.1) is 0 Å². The average molecular weight is 290 g/mol. The Morgan fingerprint density at radius 2 is 1.81 bits per heavy atom. The summed E-state index contributed by atoms with van der Waals surface area (Å²) in [5, 5.41) is 1.08. The second-order valence-electron chi connectivity index (χ2n) is 5.82. The van der Waals surface area contributed by atoms with Crippen molar-refractivity contribution >= 4 is 16.9 Å². The molecular weight excluding hydrogens is 264 g/mol. The first-order valence-corrected chi connectivity index (χ1v) is 7.40. The normalized spacial score (nSPS) is 11.7. The monoisotopic (exact) mass is 290 g/mol. The van der Waals surface area contributed by atoms with E-state index in [2.05, 4.69) is 57.8 Å².